The molecule has 15 heavy (non-hydrogen) atoms. The summed E-state index contributed by atoms with van der Waals surface area (Å²) in [6.45, 7) is 0.759. The van der Waals surface area contributed by atoms with Gasteiger partial charge in [-0.3, -0.25) is 0 Å². The van der Waals surface area contributed by atoms with Gasteiger partial charge in [0, 0.05) is 22.4 Å². The summed E-state index contributed by atoms with van der Waals surface area (Å²) in [5.74, 6) is -0.213. The maximum absolute atomic E-state index is 12.8. The summed E-state index contributed by atoms with van der Waals surface area (Å²) in [6.07, 6.45) is 2.06. The van der Waals surface area contributed by atoms with Crippen LogP contribution >= 0.6 is 27.5 Å². The molecule has 2 rings (SSSR count). The Balaban J connectivity index is 1.88. The van der Waals surface area contributed by atoms with Crippen molar-refractivity contribution in [3.63, 3.8) is 0 Å². The summed E-state index contributed by atoms with van der Waals surface area (Å²) in [4.78, 5) is 0. The largest absolute Gasteiger partial charge is 0.310 e. The van der Waals surface area contributed by atoms with Gasteiger partial charge < -0.3 is 5.32 Å². The Labute approximate surface area is 102 Å². The molecule has 0 unspecified atom stereocenters. The van der Waals surface area contributed by atoms with Gasteiger partial charge in [0.25, 0.3) is 0 Å². The normalized spacial score (nSPS) is 25.0. The first-order chi connectivity index (χ1) is 7.15. The number of rotatable bonds is 3. The fourth-order valence-electron chi connectivity index (χ4n) is 1.63. The Morgan fingerprint density at radius 3 is 2.80 bits per heavy atom. The van der Waals surface area contributed by atoms with E-state index in [4.69, 9.17) is 11.6 Å². The van der Waals surface area contributed by atoms with Gasteiger partial charge in [-0.05, 0) is 30.5 Å². The van der Waals surface area contributed by atoms with Crippen LogP contribution in [0.3, 0.4) is 0 Å². The third-order valence-electron chi connectivity index (χ3n) is 2.68. The average Bonchev–Trinajstić information content (AvgIpc) is 2.13. The Bertz CT molecular complexity index is 352. The van der Waals surface area contributed by atoms with Gasteiger partial charge in [0.1, 0.15) is 5.82 Å². The molecule has 1 nitrogen and oxygen atoms in total. The molecule has 0 bridgehead atoms. The molecule has 1 aromatic rings. The van der Waals surface area contributed by atoms with Crippen molar-refractivity contribution in [2.75, 3.05) is 0 Å². The van der Waals surface area contributed by atoms with E-state index in [9.17, 15) is 4.39 Å². The van der Waals surface area contributed by atoms with E-state index >= 15 is 0 Å². The molecule has 0 saturated heterocycles. The first-order valence-corrected chi connectivity index (χ1v) is 6.19. The van der Waals surface area contributed by atoms with Gasteiger partial charge in [0.2, 0.25) is 0 Å². The monoisotopic (exact) mass is 291 g/mol. The average molecular weight is 293 g/mol. The standard InChI is InChI=1S/C11H12BrClFN/c12-11-5-9(14)2-1-7(11)6-15-10-3-8(13)4-10/h1-2,5,8,10,15H,3-4,6H2. The quantitative estimate of drug-likeness (QED) is 0.842. The van der Waals surface area contributed by atoms with Gasteiger partial charge >= 0.3 is 0 Å². The highest BCUT2D eigenvalue weighted by Crippen LogP contribution is 2.26. The van der Waals surface area contributed by atoms with Crippen LogP contribution in [-0.2, 0) is 6.54 Å². The van der Waals surface area contributed by atoms with Crippen LogP contribution in [-0.4, -0.2) is 11.4 Å². The topological polar surface area (TPSA) is 12.0 Å². The second kappa shape index (κ2) is 4.81. The fourth-order valence-corrected chi connectivity index (χ4v) is 2.56. The van der Waals surface area contributed by atoms with E-state index in [0.717, 1.165) is 29.4 Å². The molecule has 0 spiro atoms. The summed E-state index contributed by atoms with van der Waals surface area (Å²) >= 11 is 9.22. The lowest BCUT2D eigenvalue weighted by Gasteiger charge is -2.31. The van der Waals surface area contributed by atoms with E-state index in [2.05, 4.69) is 21.2 Å². The zero-order valence-corrected chi connectivity index (χ0v) is 10.5. The Kier molecular flexibility index (Phi) is 3.65. The number of halogens is 3. The van der Waals surface area contributed by atoms with Crippen molar-refractivity contribution in [3.05, 3.63) is 34.1 Å². The third-order valence-corrected chi connectivity index (χ3v) is 3.77. The maximum Gasteiger partial charge on any atom is 0.124 e. The third kappa shape index (κ3) is 2.92. The summed E-state index contributed by atoms with van der Waals surface area (Å²) in [7, 11) is 0. The molecule has 0 aliphatic heterocycles. The van der Waals surface area contributed by atoms with E-state index in [1.165, 1.54) is 12.1 Å². The van der Waals surface area contributed by atoms with Crippen molar-refractivity contribution in [1.82, 2.24) is 5.32 Å². The molecule has 0 radical (unpaired) electrons. The molecular formula is C11H12BrClFN. The number of nitrogens with one attached hydrogen (secondary N) is 1. The fraction of sp³-hybridized carbons (Fsp3) is 0.455. The molecule has 0 aromatic heterocycles. The van der Waals surface area contributed by atoms with Crippen molar-refractivity contribution < 1.29 is 4.39 Å². The molecule has 0 atom stereocenters. The SMILES string of the molecule is Fc1ccc(CNC2CC(Cl)C2)c(Br)c1. The molecule has 0 heterocycles. The van der Waals surface area contributed by atoms with E-state index in [1.807, 2.05) is 0 Å². The predicted octanol–water partition coefficient (Wildman–Crippen LogP) is 3.45. The van der Waals surface area contributed by atoms with Crippen LogP contribution in [0.1, 0.15) is 18.4 Å². The van der Waals surface area contributed by atoms with Gasteiger partial charge in [-0.25, -0.2) is 4.39 Å². The molecule has 1 aliphatic carbocycles. The Hall–Kier alpha value is -0.120. The van der Waals surface area contributed by atoms with Crippen molar-refractivity contribution in [2.45, 2.75) is 30.8 Å². The van der Waals surface area contributed by atoms with Crippen LogP contribution in [0.4, 0.5) is 4.39 Å². The number of benzene rings is 1. The van der Waals surface area contributed by atoms with Crippen LogP contribution in [0, 0.1) is 5.82 Å². The highest BCUT2D eigenvalue weighted by molar-refractivity contribution is 9.10. The summed E-state index contributed by atoms with van der Waals surface area (Å²) in [6, 6.07) is 5.28. The van der Waals surface area contributed by atoms with Crippen molar-refractivity contribution in [1.29, 1.82) is 0 Å². The minimum Gasteiger partial charge on any atom is -0.310 e. The smallest absolute Gasteiger partial charge is 0.124 e. The first kappa shape index (κ1) is 11.4. The van der Waals surface area contributed by atoms with Crippen LogP contribution in [0.2, 0.25) is 0 Å². The second-order valence-electron chi connectivity index (χ2n) is 3.88. The molecule has 1 aliphatic rings. The van der Waals surface area contributed by atoms with Gasteiger partial charge in [0.15, 0.2) is 0 Å². The molecular weight excluding hydrogens is 280 g/mol. The minimum atomic E-state index is -0.213. The second-order valence-corrected chi connectivity index (χ2v) is 5.35. The Morgan fingerprint density at radius 1 is 1.47 bits per heavy atom. The maximum atomic E-state index is 12.8. The molecule has 1 fully saturated rings. The highest BCUT2D eigenvalue weighted by atomic mass is 79.9. The number of hydrogen-bond donors (Lipinski definition) is 1. The van der Waals surface area contributed by atoms with Crippen molar-refractivity contribution in [2.24, 2.45) is 0 Å². The number of alkyl halides is 1. The summed E-state index contributed by atoms with van der Waals surface area (Å²) in [5, 5.41) is 3.72. The van der Waals surface area contributed by atoms with Crippen LogP contribution in [0.15, 0.2) is 22.7 Å². The first-order valence-electron chi connectivity index (χ1n) is 4.96. The molecule has 1 N–H and O–H groups in total. The molecule has 0 amide bonds. The van der Waals surface area contributed by atoms with E-state index in [1.54, 1.807) is 6.07 Å². The van der Waals surface area contributed by atoms with E-state index < -0.39 is 0 Å². The molecule has 1 saturated carbocycles. The van der Waals surface area contributed by atoms with Crippen LogP contribution < -0.4 is 5.32 Å². The molecule has 4 heteroatoms. The summed E-state index contributed by atoms with van der Waals surface area (Å²) < 4.78 is 13.6. The van der Waals surface area contributed by atoms with Crippen molar-refractivity contribution >= 4 is 27.5 Å². The highest BCUT2D eigenvalue weighted by Gasteiger charge is 2.26. The van der Waals surface area contributed by atoms with Crippen LogP contribution in [0.5, 0.6) is 0 Å². The minimum absolute atomic E-state index is 0.213. The van der Waals surface area contributed by atoms with Gasteiger partial charge in [-0.1, -0.05) is 22.0 Å². The molecule has 82 valence electrons. The van der Waals surface area contributed by atoms with E-state index in [0.29, 0.717) is 11.4 Å². The van der Waals surface area contributed by atoms with Gasteiger partial charge in [-0.15, -0.1) is 11.6 Å². The zero-order valence-electron chi connectivity index (χ0n) is 8.14. The lowest BCUT2D eigenvalue weighted by molar-refractivity contribution is 0.345. The summed E-state index contributed by atoms with van der Waals surface area (Å²) in [5.41, 5.74) is 1.08. The zero-order chi connectivity index (χ0) is 10.8. The van der Waals surface area contributed by atoms with Gasteiger partial charge in [-0.2, -0.15) is 0 Å². The van der Waals surface area contributed by atoms with E-state index in [-0.39, 0.29) is 5.82 Å². The lowest BCUT2D eigenvalue weighted by Crippen LogP contribution is -2.41. The Morgan fingerprint density at radius 2 is 2.20 bits per heavy atom. The van der Waals surface area contributed by atoms with Gasteiger partial charge in [0.05, 0.1) is 0 Å². The number of hydrogen-bond acceptors (Lipinski definition) is 1. The van der Waals surface area contributed by atoms with Crippen molar-refractivity contribution in [3.8, 4) is 0 Å². The molecule has 1 aromatic carbocycles. The van der Waals surface area contributed by atoms with Crippen LogP contribution in [0.25, 0.3) is 0 Å². The predicted molar refractivity (Wildman–Crippen MR) is 63.6 cm³/mol. The lowest BCUT2D eigenvalue weighted by atomic mass is 9.92.